The van der Waals surface area contributed by atoms with E-state index in [0.29, 0.717) is 11.8 Å². The van der Waals surface area contributed by atoms with Gasteiger partial charge < -0.3 is 10.1 Å². The zero-order valence-corrected chi connectivity index (χ0v) is 23.4. The van der Waals surface area contributed by atoms with E-state index < -0.39 is 0 Å². The van der Waals surface area contributed by atoms with E-state index >= 15 is 0 Å². The molecule has 0 radical (unpaired) electrons. The van der Waals surface area contributed by atoms with E-state index in [2.05, 4.69) is 88.6 Å². The fourth-order valence-electron chi connectivity index (χ4n) is 5.13. The van der Waals surface area contributed by atoms with E-state index in [-0.39, 0.29) is 5.41 Å². The van der Waals surface area contributed by atoms with Crippen molar-refractivity contribution < 1.29 is 4.74 Å². The van der Waals surface area contributed by atoms with Gasteiger partial charge in [0.2, 0.25) is 11.0 Å². The molecule has 0 bridgehead atoms. The molecule has 0 amide bonds. The number of ether oxygens (including phenoxy) is 1. The van der Waals surface area contributed by atoms with Gasteiger partial charge in [-0.25, -0.2) is 4.98 Å². The van der Waals surface area contributed by atoms with Crippen LogP contribution in [0.2, 0.25) is 0 Å². The van der Waals surface area contributed by atoms with Crippen molar-refractivity contribution in [3.8, 4) is 11.6 Å². The summed E-state index contributed by atoms with van der Waals surface area (Å²) in [6, 6.07) is 22.9. The minimum atomic E-state index is 0.0351. The van der Waals surface area contributed by atoms with E-state index in [0.717, 1.165) is 66.9 Å². The van der Waals surface area contributed by atoms with Crippen molar-refractivity contribution in [2.75, 3.05) is 18.4 Å². The molecule has 1 aliphatic heterocycles. The summed E-state index contributed by atoms with van der Waals surface area (Å²) >= 11 is 1.63. The fourth-order valence-corrected chi connectivity index (χ4v) is 6.09. The van der Waals surface area contributed by atoms with Gasteiger partial charge in [-0.05, 0) is 67.6 Å². The number of rotatable bonds is 10. The molecule has 3 heterocycles. The Balaban J connectivity index is 1.26. The largest absolute Gasteiger partial charge is 0.437 e. The van der Waals surface area contributed by atoms with Crippen LogP contribution in [0.15, 0.2) is 72.9 Å². The SMILES string of the molecule is CCCC(C)c1ccccc1Oc1ncccc1Nc1nnc(C2(C)CCN(Cc3ccccc3)CC2)s1. The van der Waals surface area contributed by atoms with Crippen LogP contribution in [0.25, 0.3) is 0 Å². The molecule has 0 spiro atoms. The Kier molecular flexibility index (Phi) is 8.35. The molecule has 1 N–H and O–H groups in total. The number of benzene rings is 2. The molecule has 1 atom stereocenters. The van der Waals surface area contributed by atoms with Gasteiger partial charge in [0.25, 0.3) is 0 Å². The second-order valence-corrected chi connectivity index (χ2v) is 11.5. The number of likely N-dealkylation sites (tertiary alicyclic amines) is 1. The van der Waals surface area contributed by atoms with Crippen molar-refractivity contribution in [1.29, 1.82) is 0 Å². The van der Waals surface area contributed by atoms with Crippen LogP contribution in [0.1, 0.15) is 68.5 Å². The Labute approximate surface area is 230 Å². The summed E-state index contributed by atoms with van der Waals surface area (Å²) in [4.78, 5) is 7.07. The number of nitrogens with zero attached hydrogens (tertiary/aromatic N) is 4. The number of anilines is 2. The Bertz CT molecular complexity index is 1320. The predicted octanol–water partition coefficient (Wildman–Crippen LogP) is 7.93. The average Bonchev–Trinajstić information content (AvgIpc) is 3.42. The van der Waals surface area contributed by atoms with Crippen molar-refractivity contribution in [2.24, 2.45) is 0 Å². The number of aromatic nitrogens is 3. The third-order valence-electron chi connectivity index (χ3n) is 7.54. The summed E-state index contributed by atoms with van der Waals surface area (Å²) < 4.78 is 6.36. The fraction of sp³-hybridized carbons (Fsp3) is 0.387. The summed E-state index contributed by atoms with van der Waals surface area (Å²) in [5.74, 6) is 1.81. The molecule has 1 saturated heterocycles. The van der Waals surface area contributed by atoms with Crippen LogP contribution in [0, 0.1) is 0 Å². The van der Waals surface area contributed by atoms with Crippen LogP contribution in [0.5, 0.6) is 11.6 Å². The van der Waals surface area contributed by atoms with Crippen molar-refractivity contribution in [3.63, 3.8) is 0 Å². The van der Waals surface area contributed by atoms with Gasteiger partial charge in [0, 0.05) is 18.2 Å². The van der Waals surface area contributed by atoms with Gasteiger partial charge in [-0.2, -0.15) is 0 Å². The molecule has 2 aromatic carbocycles. The lowest BCUT2D eigenvalue weighted by Gasteiger charge is -2.37. The molecule has 6 nitrogen and oxygen atoms in total. The maximum Gasteiger partial charge on any atom is 0.243 e. The molecule has 38 heavy (non-hydrogen) atoms. The van der Waals surface area contributed by atoms with E-state index in [9.17, 15) is 0 Å². The van der Waals surface area contributed by atoms with Crippen LogP contribution in [-0.4, -0.2) is 33.2 Å². The molecule has 1 fully saturated rings. The number of piperidine rings is 1. The molecule has 1 aliphatic rings. The zero-order valence-electron chi connectivity index (χ0n) is 22.6. The molecule has 7 heteroatoms. The van der Waals surface area contributed by atoms with Crippen LogP contribution in [0.3, 0.4) is 0 Å². The topological polar surface area (TPSA) is 63.2 Å². The Morgan fingerprint density at radius 1 is 1.00 bits per heavy atom. The van der Waals surface area contributed by atoms with Gasteiger partial charge in [-0.1, -0.05) is 87.1 Å². The molecule has 4 aromatic rings. The van der Waals surface area contributed by atoms with Crippen LogP contribution < -0.4 is 10.1 Å². The number of nitrogens with one attached hydrogen (secondary N) is 1. The van der Waals surface area contributed by atoms with E-state index in [1.165, 1.54) is 11.1 Å². The summed E-state index contributed by atoms with van der Waals surface area (Å²) in [5, 5.41) is 14.4. The first-order chi connectivity index (χ1) is 18.5. The minimum Gasteiger partial charge on any atom is -0.437 e. The lowest BCUT2D eigenvalue weighted by atomic mass is 9.81. The smallest absolute Gasteiger partial charge is 0.243 e. The lowest BCUT2D eigenvalue weighted by molar-refractivity contribution is 0.161. The summed E-state index contributed by atoms with van der Waals surface area (Å²) in [6.07, 6.45) is 6.15. The maximum absolute atomic E-state index is 6.36. The monoisotopic (exact) mass is 527 g/mol. The van der Waals surface area contributed by atoms with Crippen LogP contribution in [0.4, 0.5) is 10.8 Å². The van der Waals surface area contributed by atoms with Gasteiger partial charge in [0.1, 0.15) is 16.4 Å². The quantitative estimate of drug-likeness (QED) is 0.226. The molecule has 0 aliphatic carbocycles. The van der Waals surface area contributed by atoms with E-state index in [4.69, 9.17) is 4.74 Å². The third kappa shape index (κ3) is 6.22. The van der Waals surface area contributed by atoms with Crippen molar-refractivity contribution in [3.05, 3.63) is 89.1 Å². The normalized spacial score (nSPS) is 16.2. The van der Waals surface area contributed by atoms with E-state index in [1.54, 1.807) is 17.5 Å². The number of pyridine rings is 1. The molecular formula is C31H37N5OS. The Morgan fingerprint density at radius 2 is 1.76 bits per heavy atom. The van der Waals surface area contributed by atoms with Crippen molar-refractivity contribution in [1.82, 2.24) is 20.1 Å². The third-order valence-corrected chi connectivity index (χ3v) is 8.69. The summed E-state index contributed by atoms with van der Waals surface area (Å²) in [6.45, 7) is 9.91. The zero-order chi connectivity index (χ0) is 26.4. The first kappa shape index (κ1) is 26.3. The molecule has 1 unspecified atom stereocenters. The van der Waals surface area contributed by atoms with Crippen LogP contribution in [-0.2, 0) is 12.0 Å². The highest BCUT2D eigenvalue weighted by molar-refractivity contribution is 7.15. The minimum absolute atomic E-state index is 0.0351. The average molecular weight is 528 g/mol. The van der Waals surface area contributed by atoms with E-state index in [1.807, 2.05) is 24.3 Å². The Hall–Kier alpha value is -3.29. The molecule has 2 aromatic heterocycles. The second-order valence-electron chi connectivity index (χ2n) is 10.5. The first-order valence-electron chi connectivity index (χ1n) is 13.6. The highest BCUT2D eigenvalue weighted by atomic mass is 32.1. The van der Waals surface area contributed by atoms with Gasteiger partial charge in [-0.3, -0.25) is 4.90 Å². The van der Waals surface area contributed by atoms with Gasteiger partial charge in [0.15, 0.2) is 0 Å². The molecule has 198 valence electrons. The van der Waals surface area contributed by atoms with Crippen LogP contribution >= 0.6 is 11.3 Å². The van der Waals surface area contributed by atoms with Crippen molar-refractivity contribution in [2.45, 2.75) is 64.3 Å². The number of hydrogen-bond acceptors (Lipinski definition) is 7. The highest BCUT2D eigenvalue weighted by Crippen LogP contribution is 2.40. The Morgan fingerprint density at radius 3 is 2.55 bits per heavy atom. The molecule has 0 saturated carbocycles. The van der Waals surface area contributed by atoms with Gasteiger partial charge in [-0.15, -0.1) is 10.2 Å². The summed E-state index contributed by atoms with van der Waals surface area (Å²) in [7, 11) is 0. The van der Waals surface area contributed by atoms with Crippen molar-refractivity contribution >= 4 is 22.2 Å². The maximum atomic E-state index is 6.36. The number of hydrogen-bond donors (Lipinski definition) is 1. The lowest BCUT2D eigenvalue weighted by Crippen LogP contribution is -2.40. The summed E-state index contributed by atoms with van der Waals surface area (Å²) in [5.41, 5.74) is 3.40. The highest BCUT2D eigenvalue weighted by Gasteiger charge is 2.35. The van der Waals surface area contributed by atoms with Gasteiger partial charge >= 0.3 is 0 Å². The first-order valence-corrected chi connectivity index (χ1v) is 14.4. The molecule has 5 rings (SSSR count). The van der Waals surface area contributed by atoms with Gasteiger partial charge in [0.05, 0.1) is 0 Å². The standard InChI is InChI=1S/C31H37N5OS/c1-4-11-23(2)25-14-8-9-16-27(25)37-28-26(15-10-19-32-28)33-30-35-34-29(38-30)31(3)17-20-36(21-18-31)22-24-12-6-5-7-13-24/h5-10,12-16,19,23H,4,11,17-18,20-22H2,1-3H3,(H,33,35). The molecular weight excluding hydrogens is 490 g/mol. The predicted molar refractivity (Wildman–Crippen MR) is 156 cm³/mol. The number of para-hydroxylation sites is 1. The second kappa shape index (κ2) is 12.0.